The van der Waals surface area contributed by atoms with Gasteiger partial charge in [-0.15, -0.1) is 5.10 Å². The molecule has 45 heavy (non-hydrogen) atoms. The van der Waals surface area contributed by atoms with E-state index in [1.54, 1.807) is 45.0 Å². The quantitative estimate of drug-likeness (QED) is 0.348. The van der Waals surface area contributed by atoms with Crippen LogP contribution in [0.3, 0.4) is 0 Å². The molecule has 2 aromatic carbocycles. The first-order valence-electron chi connectivity index (χ1n) is 13.8. The average molecular weight is 671 g/mol. The van der Waals surface area contributed by atoms with Crippen LogP contribution < -0.4 is 20.9 Å². The summed E-state index contributed by atoms with van der Waals surface area (Å²) in [4.78, 5) is 27.1. The Balaban J connectivity index is 1.53. The van der Waals surface area contributed by atoms with Crippen LogP contribution in [0.25, 0.3) is 11.5 Å². The van der Waals surface area contributed by atoms with Gasteiger partial charge < -0.3 is 30.0 Å². The number of piperidine rings is 1. The van der Waals surface area contributed by atoms with Crippen LogP contribution in [0.5, 0.6) is 0 Å². The van der Waals surface area contributed by atoms with Gasteiger partial charge in [-0.05, 0) is 50.6 Å². The predicted molar refractivity (Wildman–Crippen MR) is 157 cm³/mol. The number of alkyl halides is 2. The molecule has 3 heterocycles. The number of fused-ring (bicyclic) bond motifs is 1. The molecule has 3 N–H and O–H groups in total. The molecule has 1 unspecified atom stereocenters. The van der Waals surface area contributed by atoms with E-state index in [0.29, 0.717) is 10.6 Å². The fraction of sp³-hybridized carbons (Fsp3) is 0.429. The maximum absolute atomic E-state index is 15.6. The molecule has 0 bridgehead atoms. The molecule has 1 saturated heterocycles. The second-order valence-corrected chi connectivity index (χ2v) is 14.2. The summed E-state index contributed by atoms with van der Waals surface area (Å²) in [5, 5.41) is 15.6. The van der Waals surface area contributed by atoms with Gasteiger partial charge >= 0.3 is 12.1 Å². The van der Waals surface area contributed by atoms with Gasteiger partial charge in [0.15, 0.2) is 9.84 Å². The third kappa shape index (κ3) is 7.68. The maximum Gasteiger partial charge on any atom is 0.408 e. The number of sulfone groups is 1. The van der Waals surface area contributed by atoms with E-state index in [2.05, 4.69) is 26.1 Å². The van der Waals surface area contributed by atoms with Crippen LogP contribution in [0.15, 0.2) is 45.7 Å². The number of rotatable bonds is 6. The van der Waals surface area contributed by atoms with Crippen LogP contribution in [0.4, 0.5) is 29.7 Å². The first-order valence-corrected chi connectivity index (χ1v) is 15.8. The summed E-state index contributed by atoms with van der Waals surface area (Å²) >= 11 is 6.01. The van der Waals surface area contributed by atoms with Crippen LogP contribution in [-0.4, -0.2) is 73.1 Å². The van der Waals surface area contributed by atoms with E-state index < -0.39 is 80.8 Å². The van der Waals surface area contributed by atoms with E-state index in [1.807, 2.05) is 0 Å². The molecule has 0 aliphatic carbocycles. The zero-order valence-electron chi connectivity index (χ0n) is 24.4. The lowest BCUT2D eigenvalue weighted by Crippen LogP contribution is -2.51. The highest BCUT2D eigenvalue weighted by atomic mass is 35.5. The predicted octanol–water partition coefficient (Wildman–Crippen LogP) is 4.15. The van der Waals surface area contributed by atoms with Crippen molar-refractivity contribution in [2.24, 2.45) is 0 Å². The van der Waals surface area contributed by atoms with E-state index in [1.165, 1.54) is 0 Å². The minimum absolute atomic E-state index is 0.185. The summed E-state index contributed by atoms with van der Waals surface area (Å²) in [5.74, 6) is -6.09. The Bertz CT molecular complexity index is 1710. The smallest absolute Gasteiger partial charge is 0.408 e. The number of anilines is 2. The van der Waals surface area contributed by atoms with Crippen molar-refractivity contribution in [1.82, 2.24) is 20.8 Å². The second-order valence-electron chi connectivity index (χ2n) is 11.8. The molecule has 2 amide bonds. The minimum Gasteiger partial charge on any atom is -0.444 e. The Morgan fingerprint density at radius 2 is 1.93 bits per heavy atom. The summed E-state index contributed by atoms with van der Waals surface area (Å²) in [6.07, 6.45) is -1.51. The zero-order chi connectivity index (χ0) is 32.7. The molecule has 5 rings (SSSR count). The number of carbonyl (C=O) groups excluding carboxylic acids is 2. The van der Waals surface area contributed by atoms with Gasteiger partial charge in [0.25, 0.3) is 17.7 Å². The van der Waals surface area contributed by atoms with Crippen LogP contribution in [0.2, 0.25) is 5.02 Å². The molecule has 12 nitrogen and oxygen atoms in total. The third-order valence-corrected chi connectivity index (χ3v) is 8.89. The Hall–Kier alpha value is -3.89. The Morgan fingerprint density at radius 3 is 2.60 bits per heavy atom. The van der Waals surface area contributed by atoms with Crippen molar-refractivity contribution in [1.29, 1.82) is 0 Å². The number of nitrogens with zero attached hydrogens (tertiary/aromatic N) is 3. The molecule has 0 radical (unpaired) electrons. The van der Waals surface area contributed by atoms with Crippen molar-refractivity contribution in [2.75, 3.05) is 29.1 Å². The normalized spacial score (nSPS) is 21.0. The zero-order valence-corrected chi connectivity index (χ0v) is 25.9. The minimum atomic E-state index is -4.38. The topological polar surface area (TPSA) is 156 Å². The van der Waals surface area contributed by atoms with Gasteiger partial charge in [-0.1, -0.05) is 28.8 Å². The largest absolute Gasteiger partial charge is 0.444 e. The van der Waals surface area contributed by atoms with Crippen molar-refractivity contribution in [3.8, 4) is 11.5 Å². The summed E-state index contributed by atoms with van der Waals surface area (Å²) in [6.45, 7) is 4.35. The van der Waals surface area contributed by atoms with Crippen molar-refractivity contribution in [2.45, 2.75) is 62.2 Å². The number of alkyl carbamates (subject to hydrolysis) is 1. The molecule has 242 valence electrons. The number of benzene rings is 2. The molecule has 3 aromatic rings. The highest BCUT2D eigenvalue weighted by molar-refractivity contribution is 7.91. The van der Waals surface area contributed by atoms with E-state index in [-0.39, 0.29) is 30.4 Å². The lowest BCUT2D eigenvalue weighted by molar-refractivity contribution is -0.120. The van der Waals surface area contributed by atoms with Gasteiger partial charge in [0.1, 0.15) is 17.5 Å². The van der Waals surface area contributed by atoms with Crippen molar-refractivity contribution < 1.29 is 40.3 Å². The highest BCUT2D eigenvalue weighted by Crippen LogP contribution is 2.38. The third-order valence-electron chi connectivity index (χ3n) is 6.87. The number of carbonyl (C=O) groups is 2. The summed E-state index contributed by atoms with van der Waals surface area (Å²) in [6, 6.07) is 5.61. The maximum atomic E-state index is 15.6. The average Bonchev–Trinajstić information content (AvgIpc) is 3.36. The first-order chi connectivity index (χ1) is 21.0. The van der Waals surface area contributed by atoms with Gasteiger partial charge in [-0.2, -0.15) is 0 Å². The Morgan fingerprint density at radius 1 is 1.22 bits per heavy atom. The number of amides is 2. The fourth-order valence-electron chi connectivity index (χ4n) is 4.94. The van der Waals surface area contributed by atoms with Crippen LogP contribution >= 0.6 is 11.6 Å². The molecule has 1 aromatic heterocycles. The van der Waals surface area contributed by atoms with Gasteiger partial charge in [-0.25, -0.2) is 26.4 Å². The lowest BCUT2D eigenvalue weighted by Gasteiger charge is -2.29. The van der Waals surface area contributed by atoms with E-state index in [4.69, 9.17) is 20.8 Å². The number of aromatic nitrogens is 2. The summed E-state index contributed by atoms with van der Waals surface area (Å²) in [5.41, 5.74) is -0.942. The molecule has 17 heteroatoms. The fourth-order valence-corrected chi connectivity index (χ4v) is 6.69. The summed E-state index contributed by atoms with van der Waals surface area (Å²) in [7, 11) is -4.38. The molecule has 1 fully saturated rings. The van der Waals surface area contributed by atoms with E-state index in [9.17, 15) is 26.8 Å². The van der Waals surface area contributed by atoms with Gasteiger partial charge in [0, 0.05) is 24.0 Å². The van der Waals surface area contributed by atoms with Gasteiger partial charge in [0.2, 0.25) is 0 Å². The molecular formula is C28H30ClF3N6O6S. The monoisotopic (exact) mass is 670 g/mol. The number of ether oxygens (including phenoxy) is 1. The molecule has 2 aliphatic heterocycles. The van der Waals surface area contributed by atoms with Crippen molar-refractivity contribution >= 4 is 45.1 Å². The molecular weight excluding hydrogens is 641 g/mol. The number of hydrogen-bond acceptors (Lipinski definition) is 10. The summed E-state index contributed by atoms with van der Waals surface area (Å²) < 4.78 is 81.1. The molecule has 0 saturated carbocycles. The molecule has 0 spiro atoms. The van der Waals surface area contributed by atoms with Crippen molar-refractivity contribution in [3.05, 3.63) is 52.8 Å². The second kappa shape index (κ2) is 12.1. The van der Waals surface area contributed by atoms with Crippen LogP contribution in [0, 0.1) is 5.82 Å². The number of nitrogens with one attached hydrogen (secondary N) is 3. The molecule has 2 atom stereocenters. The van der Waals surface area contributed by atoms with E-state index in [0.717, 1.165) is 17.0 Å². The standard InChI is InChI=1S/C28H30ClF3N6O6S/c1-27(2,3)44-26(40)35-20-13-45(41,42)22-9-19(30)18(8-21(22)38(24(20)39)12-15-4-6-16(29)7-5-15)23-36-37-25(43-23)34-17-10-28(31,32)14-33-11-17/h4-9,17,20,33H,10-14H2,1-3H3,(H,34,37)(H,35,40)/t17?,20-/m0/s1. The number of halogens is 4. The first kappa shape index (κ1) is 32.5. The van der Waals surface area contributed by atoms with Crippen molar-refractivity contribution in [3.63, 3.8) is 0 Å². The Kier molecular flexibility index (Phi) is 8.76. The molecule has 2 aliphatic rings. The van der Waals surface area contributed by atoms with Crippen LogP contribution in [0.1, 0.15) is 32.8 Å². The van der Waals surface area contributed by atoms with Crippen LogP contribution in [-0.2, 0) is 25.9 Å². The SMILES string of the molecule is CC(C)(C)OC(=O)N[C@H]1CS(=O)(=O)c2cc(F)c(-c3nnc(NC4CNCC(F)(F)C4)o3)cc2N(Cc2ccc(Cl)cc2)C1=O. The Labute approximate surface area is 261 Å². The van der Waals surface area contributed by atoms with Gasteiger partial charge in [0.05, 0.1) is 35.0 Å². The lowest BCUT2D eigenvalue weighted by atomic mass is 10.0. The number of hydrogen-bond donors (Lipinski definition) is 3. The highest BCUT2D eigenvalue weighted by Gasteiger charge is 2.41. The van der Waals surface area contributed by atoms with E-state index >= 15 is 4.39 Å². The van der Waals surface area contributed by atoms with Gasteiger partial charge in [-0.3, -0.25) is 4.79 Å².